The van der Waals surface area contributed by atoms with Crippen LogP contribution in [-0.2, 0) is 4.79 Å². The molecule has 4 heteroatoms. The number of nitrogens with zero attached hydrogens (tertiary/aromatic N) is 2. The van der Waals surface area contributed by atoms with Gasteiger partial charge >= 0.3 is 5.97 Å². The number of aliphatic carboxylic acids is 1. The molecule has 1 aliphatic heterocycles. The first-order chi connectivity index (χ1) is 9.52. The number of rotatable bonds is 4. The van der Waals surface area contributed by atoms with Crippen LogP contribution in [-0.4, -0.2) is 53.1 Å². The van der Waals surface area contributed by atoms with Crippen LogP contribution in [0, 0.1) is 6.92 Å². The first kappa shape index (κ1) is 15.0. The molecule has 1 aromatic carbocycles. The summed E-state index contributed by atoms with van der Waals surface area (Å²) in [6, 6.07) is 7.56. The van der Waals surface area contributed by atoms with Crippen molar-refractivity contribution in [1.29, 1.82) is 0 Å². The van der Waals surface area contributed by atoms with Crippen LogP contribution >= 0.6 is 0 Å². The number of benzene rings is 1. The molecule has 0 bridgehead atoms. The number of hydrogen-bond acceptors (Lipinski definition) is 3. The highest BCUT2D eigenvalue weighted by Crippen LogP contribution is 2.26. The zero-order chi connectivity index (χ0) is 14.7. The Morgan fingerprint density at radius 3 is 2.50 bits per heavy atom. The van der Waals surface area contributed by atoms with Crippen LogP contribution in [0.4, 0.5) is 0 Å². The van der Waals surface area contributed by atoms with Crippen LogP contribution in [0.3, 0.4) is 0 Å². The second-order valence-corrected chi connectivity index (χ2v) is 5.63. The van der Waals surface area contributed by atoms with E-state index in [2.05, 4.69) is 23.6 Å². The van der Waals surface area contributed by atoms with Crippen LogP contribution in [0.25, 0.3) is 0 Å². The Kier molecular flexibility index (Phi) is 4.78. The zero-order valence-electron chi connectivity index (χ0n) is 12.5. The molecular formula is C16H24N2O2. The minimum absolute atomic E-state index is 0.256. The van der Waals surface area contributed by atoms with Gasteiger partial charge in [-0.15, -0.1) is 0 Å². The van der Waals surface area contributed by atoms with Crippen LogP contribution in [0.15, 0.2) is 24.3 Å². The summed E-state index contributed by atoms with van der Waals surface area (Å²) < 4.78 is 0. The van der Waals surface area contributed by atoms with Gasteiger partial charge in [-0.1, -0.05) is 36.8 Å². The standard InChI is InChI=1S/C16H24N2O2/c1-4-17-9-10-18(13(3)11-17)15(16(19)20)14-7-5-12(2)6-8-14/h5-8,13,15H,4,9-11H2,1-3H3,(H,19,20). The molecule has 1 aliphatic rings. The van der Waals surface area contributed by atoms with E-state index in [9.17, 15) is 9.90 Å². The summed E-state index contributed by atoms with van der Waals surface area (Å²) in [5, 5.41) is 9.63. The fourth-order valence-corrected chi connectivity index (χ4v) is 2.94. The van der Waals surface area contributed by atoms with Gasteiger partial charge in [0.05, 0.1) is 0 Å². The molecule has 0 aromatic heterocycles. The Balaban J connectivity index is 2.21. The monoisotopic (exact) mass is 276 g/mol. The molecule has 1 N–H and O–H groups in total. The molecule has 0 saturated carbocycles. The summed E-state index contributed by atoms with van der Waals surface area (Å²) in [5.74, 6) is -0.759. The Labute approximate surface area is 121 Å². The summed E-state index contributed by atoms with van der Waals surface area (Å²) in [5.41, 5.74) is 2.03. The van der Waals surface area contributed by atoms with Crippen molar-refractivity contribution in [2.24, 2.45) is 0 Å². The van der Waals surface area contributed by atoms with Gasteiger partial charge in [0.25, 0.3) is 0 Å². The average molecular weight is 276 g/mol. The van der Waals surface area contributed by atoms with Gasteiger partial charge in [-0.25, -0.2) is 0 Å². The van der Waals surface area contributed by atoms with Crippen molar-refractivity contribution in [3.63, 3.8) is 0 Å². The number of piperazine rings is 1. The molecule has 2 unspecified atom stereocenters. The number of carboxylic acids is 1. The van der Waals surface area contributed by atoms with E-state index in [1.807, 2.05) is 31.2 Å². The maximum Gasteiger partial charge on any atom is 0.325 e. The smallest absolute Gasteiger partial charge is 0.325 e. The normalized spacial score (nSPS) is 22.6. The van der Waals surface area contributed by atoms with Crippen LogP contribution in [0.1, 0.15) is 31.0 Å². The number of aryl methyl sites for hydroxylation is 1. The third-order valence-corrected chi connectivity index (χ3v) is 4.17. The van der Waals surface area contributed by atoms with Crippen molar-refractivity contribution < 1.29 is 9.90 Å². The maximum atomic E-state index is 11.7. The maximum absolute atomic E-state index is 11.7. The minimum Gasteiger partial charge on any atom is -0.480 e. The second-order valence-electron chi connectivity index (χ2n) is 5.63. The molecule has 0 radical (unpaired) electrons. The number of likely N-dealkylation sites (N-methyl/N-ethyl adjacent to an activating group) is 1. The highest BCUT2D eigenvalue weighted by molar-refractivity contribution is 5.75. The average Bonchev–Trinajstić information content (AvgIpc) is 2.42. The lowest BCUT2D eigenvalue weighted by atomic mass is 10.0. The predicted molar refractivity (Wildman–Crippen MR) is 79.8 cm³/mol. The lowest BCUT2D eigenvalue weighted by Gasteiger charge is -2.42. The molecule has 0 spiro atoms. The first-order valence-corrected chi connectivity index (χ1v) is 7.30. The molecule has 2 atom stereocenters. The lowest BCUT2D eigenvalue weighted by Crippen LogP contribution is -2.54. The van der Waals surface area contributed by atoms with Crippen molar-refractivity contribution in [2.75, 3.05) is 26.2 Å². The van der Waals surface area contributed by atoms with E-state index < -0.39 is 12.0 Å². The van der Waals surface area contributed by atoms with Gasteiger partial charge in [-0.2, -0.15) is 0 Å². The molecule has 1 saturated heterocycles. The van der Waals surface area contributed by atoms with Gasteiger partial charge in [-0.05, 0) is 26.0 Å². The third-order valence-electron chi connectivity index (χ3n) is 4.17. The quantitative estimate of drug-likeness (QED) is 0.915. The van der Waals surface area contributed by atoms with Crippen LogP contribution in [0.5, 0.6) is 0 Å². The lowest BCUT2D eigenvalue weighted by molar-refractivity contribution is -0.145. The highest BCUT2D eigenvalue weighted by atomic mass is 16.4. The fraction of sp³-hybridized carbons (Fsp3) is 0.562. The molecule has 4 nitrogen and oxygen atoms in total. The molecule has 1 aromatic rings. The third kappa shape index (κ3) is 3.19. The van der Waals surface area contributed by atoms with E-state index in [1.54, 1.807) is 0 Å². The number of hydrogen-bond donors (Lipinski definition) is 1. The van der Waals surface area contributed by atoms with Gasteiger partial charge in [0, 0.05) is 25.7 Å². The minimum atomic E-state index is -0.759. The Hall–Kier alpha value is -1.39. The summed E-state index contributed by atoms with van der Waals surface area (Å²) in [7, 11) is 0. The molecule has 2 rings (SSSR count). The SMILES string of the molecule is CCN1CCN(C(C(=O)O)c2ccc(C)cc2)C(C)C1. The molecular weight excluding hydrogens is 252 g/mol. The van der Waals surface area contributed by atoms with E-state index in [1.165, 1.54) is 0 Å². The highest BCUT2D eigenvalue weighted by Gasteiger charge is 2.33. The van der Waals surface area contributed by atoms with Crippen molar-refractivity contribution >= 4 is 5.97 Å². The largest absolute Gasteiger partial charge is 0.480 e. The van der Waals surface area contributed by atoms with Gasteiger partial charge in [0.1, 0.15) is 6.04 Å². The van der Waals surface area contributed by atoms with Crippen molar-refractivity contribution in [3.05, 3.63) is 35.4 Å². The zero-order valence-corrected chi connectivity index (χ0v) is 12.5. The predicted octanol–water partition coefficient (Wildman–Crippen LogP) is 2.15. The molecule has 110 valence electrons. The van der Waals surface area contributed by atoms with Crippen molar-refractivity contribution in [2.45, 2.75) is 32.9 Å². The van der Waals surface area contributed by atoms with Crippen molar-refractivity contribution in [1.82, 2.24) is 9.80 Å². The van der Waals surface area contributed by atoms with Crippen LogP contribution < -0.4 is 0 Å². The fourth-order valence-electron chi connectivity index (χ4n) is 2.94. The summed E-state index contributed by atoms with van der Waals surface area (Å²) in [6.07, 6.45) is 0. The molecule has 1 fully saturated rings. The summed E-state index contributed by atoms with van der Waals surface area (Å²) >= 11 is 0. The summed E-state index contributed by atoms with van der Waals surface area (Å²) in [6.45, 7) is 9.99. The van der Waals surface area contributed by atoms with Crippen molar-refractivity contribution in [3.8, 4) is 0 Å². The summed E-state index contributed by atoms with van der Waals surface area (Å²) in [4.78, 5) is 16.2. The molecule has 20 heavy (non-hydrogen) atoms. The molecule has 0 amide bonds. The van der Waals surface area contributed by atoms with E-state index >= 15 is 0 Å². The second kappa shape index (κ2) is 6.37. The Bertz CT molecular complexity index is 458. The van der Waals surface area contributed by atoms with Gasteiger partial charge in [-0.3, -0.25) is 9.69 Å². The van der Waals surface area contributed by atoms with Gasteiger partial charge in [0.2, 0.25) is 0 Å². The van der Waals surface area contributed by atoms with Gasteiger partial charge < -0.3 is 10.0 Å². The molecule has 1 heterocycles. The number of carbonyl (C=O) groups is 1. The topological polar surface area (TPSA) is 43.8 Å². The Morgan fingerprint density at radius 2 is 2.00 bits per heavy atom. The Morgan fingerprint density at radius 1 is 1.35 bits per heavy atom. The van der Waals surface area contributed by atoms with Crippen LogP contribution in [0.2, 0.25) is 0 Å². The number of carboxylic acid groups (broad SMARTS) is 1. The first-order valence-electron chi connectivity index (χ1n) is 7.30. The molecule has 0 aliphatic carbocycles. The van der Waals surface area contributed by atoms with E-state index in [4.69, 9.17) is 0 Å². The van der Waals surface area contributed by atoms with E-state index in [0.29, 0.717) is 0 Å². The van der Waals surface area contributed by atoms with E-state index in [-0.39, 0.29) is 6.04 Å². The van der Waals surface area contributed by atoms with Gasteiger partial charge in [0.15, 0.2) is 0 Å². The van der Waals surface area contributed by atoms with E-state index in [0.717, 1.165) is 37.3 Å².